The molecule has 4 N–H and O–H groups in total. The van der Waals surface area contributed by atoms with Crippen LogP contribution >= 0.6 is 0 Å². The Morgan fingerprint density at radius 2 is 1.62 bits per heavy atom. The fraction of sp³-hybridized carbons (Fsp3) is 0. The van der Waals surface area contributed by atoms with Crippen LogP contribution in [0.2, 0.25) is 0 Å². The molecule has 0 aliphatic heterocycles. The summed E-state index contributed by atoms with van der Waals surface area (Å²) < 4.78 is 0. The molecule has 1 aromatic heterocycles. The highest BCUT2D eigenvalue weighted by molar-refractivity contribution is 6.06. The first-order valence-electron chi connectivity index (χ1n) is 7.21. The number of H-pyrrole nitrogens is 1. The number of carbonyl (C=O) groups excluding carboxylic acids is 1. The zero-order chi connectivity index (χ0) is 16.9. The summed E-state index contributed by atoms with van der Waals surface area (Å²) in [7, 11) is 0. The predicted octanol–water partition coefficient (Wildman–Crippen LogP) is 2.72. The van der Waals surface area contributed by atoms with Crippen LogP contribution in [0.5, 0.6) is 0 Å². The fourth-order valence-corrected chi connectivity index (χ4v) is 2.16. The second kappa shape index (κ2) is 6.66. The van der Waals surface area contributed by atoms with Gasteiger partial charge in [0.1, 0.15) is 0 Å². The van der Waals surface area contributed by atoms with E-state index in [0.717, 1.165) is 0 Å². The van der Waals surface area contributed by atoms with Gasteiger partial charge in [-0.1, -0.05) is 18.2 Å². The topological polar surface area (TPSA) is 104 Å². The first-order chi connectivity index (χ1) is 11.6. The summed E-state index contributed by atoms with van der Waals surface area (Å²) in [5.41, 5.74) is 7.32. The lowest BCUT2D eigenvalue weighted by Crippen LogP contribution is -2.31. The number of anilines is 4. The number of aromatic nitrogens is 2. The number of nitrogens with one attached hydrogen (secondary N) is 2. The molecule has 0 saturated heterocycles. The molecule has 0 fully saturated rings. The second-order valence-electron chi connectivity index (χ2n) is 5.00. The standard InChI is InChI=1S/C17H15N5O2/c18-12-6-8-14(9-7-12)22(13-4-2-1-3-5-13)17(24)19-15-10-11-16(23)21-20-15/h1-11H,18H2,(H,21,23)(H,19,20,24). The summed E-state index contributed by atoms with van der Waals surface area (Å²) in [6.07, 6.45) is 0. The van der Waals surface area contributed by atoms with Crippen LogP contribution in [-0.4, -0.2) is 16.2 Å². The first-order valence-corrected chi connectivity index (χ1v) is 7.21. The molecule has 7 heteroatoms. The van der Waals surface area contributed by atoms with Gasteiger partial charge in [0.05, 0.1) is 11.4 Å². The minimum absolute atomic E-state index is 0.246. The minimum atomic E-state index is -0.412. The van der Waals surface area contributed by atoms with Gasteiger partial charge in [-0.3, -0.25) is 15.0 Å². The number of urea groups is 1. The molecule has 3 rings (SSSR count). The van der Waals surface area contributed by atoms with Crippen molar-refractivity contribution in [3.05, 3.63) is 77.1 Å². The maximum atomic E-state index is 12.7. The molecule has 2 amide bonds. The van der Waals surface area contributed by atoms with Crippen molar-refractivity contribution in [2.24, 2.45) is 0 Å². The zero-order valence-corrected chi connectivity index (χ0v) is 12.6. The van der Waals surface area contributed by atoms with Crippen molar-refractivity contribution in [2.45, 2.75) is 0 Å². The van der Waals surface area contributed by atoms with Gasteiger partial charge in [-0.2, -0.15) is 5.10 Å². The van der Waals surface area contributed by atoms with E-state index < -0.39 is 6.03 Å². The molecule has 2 aromatic carbocycles. The number of benzene rings is 2. The highest BCUT2D eigenvalue weighted by Crippen LogP contribution is 2.26. The molecule has 1 heterocycles. The number of hydrogen-bond acceptors (Lipinski definition) is 4. The van der Waals surface area contributed by atoms with Crippen LogP contribution in [0, 0.1) is 0 Å². The van der Waals surface area contributed by atoms with E-state index >= 15 is 0 Å². The lowest BCUT2D eigenvalue weighted by molar-refractivity contribution is 0.259. The van der Waals surface area contributed by atoms with Gasteiger partial charge in [0, 0.05) is 11.8 Å². The second-order valence-corrected chi connectivity index (χ2v) is 5.00. The molecule has 0 atom stereocenters. The van der Waals surface area contributed by atoms with Crippen molar-refractivity contribution >= 4 is 28.9 Å². The third kappa shape index (κ3) is 3.41. The summed E-state index contributed by atoms with van der Waals surface area (Å²) in [6.45, 7) is 0. The Hall–Kier alpha value is -3.61. The van der Waals surface area contributed by atoms with Crippen LogP contribution in [0.4, 0.5) is 27.7 Å². The SMILES string of the molecule is Nc1ccc(N(C(=O)Nc2ccc(=O)[nH]n2)c2ccccc2)cc1. The molecule has 7 nitrogen and oxygen atoms in total. The highest BCUT2D eigenvalue weighted by atomic mass is 16.2. The van der Waals surface area contributed by atoms with Crippen molar-refractivity contribution in [1.29, 1.82) is 0 Å². The van der Waals surface area contributed by atoms with E-state index in [2.05, 4.69) is 15.5 Å². The predicted molar refractivity (Wildman–Crippen MR) is 93.3 cm³/mol. The summed E-state index contributed by atoms with van der Waals surface area (Å²) in [4.78, 5) is 25.3. The number of hydrogen-bond donors (Lipinski definition) is 3. The zero-order valence-electron chi connectivity index (χ0n) is 12.6. The summed E-state index contributed by atoms with van der Waals surface area (Å²) >= 11 is 0. The van der Waals surface area contributed by atoms with Gasteiger partial charge >= 0.3 is 6.03 Å². The molecule has 0 radical (unpaired) electrons. The number of rotatable bonds is 3. The van der Waals surface area contributed by atoms with Gasteiger partial charge in [0.25, 0.3) is 5.56 Å². The lowest BCUT2D eigenvalue weighted by atomic mass is 10.2. The molecular weight excluding hydrogens is 306 g/mol. The molecule has 3 aromatic rings. The van der Waals surface area contributed by atoms with Crippen LogP contribution in [0.3, 0.4) is 0 Å². The first kappa shape index (κ1) is 15.3. The van der Waals surface area contributed by atoms with Crippen LogP contribution in [-0.2, 0) is 0 Å². The van der Waals surface area contributed by atoms with Crippen molar-refractivity contribution in [1.82, 2.24) is 10.2 Å². The smallest absolute Gasteiger partial charge is 0.332 e. The molecule has 24 heavy (non-hydrogen) atoms. The van der Waals surface area contributed by atoms with Crippen LogP contribution in [0.25, 0.3) is 0 Å². The molecule has 120 valence electrons. The van der Waals surface area contributed by atoms with Crippen molar-refractivity contribution < 1.29 is 4.79 Å². The average Bonchev–Trinajstić information content (AvgIpc) is 2.60. The summed E-state index contributed by atoms with van der Waals surface area (Å²) in [6, 6.07) is 18.4. The van der Waals surface area contributed by atoms with Crippen LogP contribution < -0.4 is 21.5 Å². The number of amides is 2. The fourth-order valence-electron chi connectivity index (χ4n) is 2.16. The Kier molecular flexibility index (Phi) is 4.24. The number of nitrogens with two attached hydrogens (primary N) is 1. The van der Waals surface area contributed by atoms with E-state index in [0.29, 0.717) is 17.1 Å². The monoisotopic (exact) mass is 321 g/mol. The minimum Gasteiger partial charge on any atom is -0.399 e. The van der Waals surface area contributed by atoms with Gasteiger partial charge in [-0.25, -0.2) is 9.89 Å². The van der Waals surface area contributed by atoms with E-state index in [1.165, 1.54) is 17.0 Å². The van der Waals surface area contributed by atoms with Crippen molar-refractivity contribution in [3.8, 4) is 0 Å². The van der Waals surface area contributed by atoms with E-state index in [4.69, 9.17) is 5.73 Å². The van der Waals surface area contributed by atoms with E-state index in [9.17, 15) is 9.59 Å². The van der Waals surface area contributed by atoms with Gasteiger partial charge in [0.15, 0.2) is 5.82 Å². The highest BCUT2D eigenvalue weighted by Gasteiger charge is 2.18. The maximum Gasteiger partial charge on any atom is 0.332 e. The third-order valence-electron chi connectivity index (χ3n) is 3.28. The van der Waals surface area contributed by atoms with E-state index in [1.54, 1.807) is 24.3 Å². The van der Waals surface area contributed by atoms with Crippen molar-refractivity contribution in [3.63, 3.8) is 0 Å². The number of aromatic amines is 1. The normalized spacial score (nSPS) is 10.2. The van der Waals surface area contributed by atoms with Gasteiger partial charge < -0.3 is 5.73 Å². The van der Waals surface area contributed by atoms with Gasteiger partial charge in [-0.05, 0) is 42.5 Å². The molecular formula is C17H15N5O2. The van der Waals surface area contributed by atoms with Gasteiger partial charge in [-0.15, -0.1) is 0 Å². The Morgan fingerprint density at radius 3 is 2.25 bits per heavy atom. The summed E-state index contributed by atoms with van der Waals surface area (Å²) in [5, 5.41) is 8.72. The molecule has 0 aliphatic rings. The number of carbonyl (C=O) groups is 1. The van der Waals surface area contributed by atoms with E-state index in [1.807, 2.05) is 30.3 Å². The number of para-hydroxylation sites is 1. The Morgan fingerprint density at radius 1 is 0.958 bits per heavy atom. The molecule has 0 unspecified atom stereocenters. The van der Waals surface area contributed by atoms with E-state index in [-0.39, 0.29) is 11.4 Å². The molecule has 0 spiro atoms. The van der Waals surface area contributed by atoms with Crippen LogP contribution in [0.1, 0.15) is 0 Å². The third-order valence-corrected chi connectivity index (χ3v) is 3.28. The Labute approximate surface area is 137 Å². The maximum absolute atomic E-state index is 12.7. The van der Waals surface area contributed by atoms with Crippen LogP contribution in [0.15, 0.2) is 71.5 Å². The number of nitrogens with zero attached hydrogens (tertiary/aromatic N) is 2. The van der Waals surface area contributed by atoms with Crippen molar-refractivity contribution in [2.75, 3.05) is 16.0 Å². The average molecular weight is 321 g/mol. The molecule has 0 bridgehead atoms. The summed E-state index contributed by atoms with van der Waals surface area (Å²) in [5.74, 6) is 0.246. The van der Waals surface area contributed by atoms with Gasteiger partial charge in [0.2, 0.25) is 0 Å². The molecule has 0 saturated carbocycles. The molecule has 0 aliphatic carbocycles. The lowest BCUT2D eigenvalue weighted by Gasteiger charge is -2.23. The largest absolute Gasteiger partial charge is 0.399 e. The number of nitrogen functional groups attached to an aromatic ring is 1. The Bertz CT molecular complexity index is 870. The Balaban J connectivity index is 1.94. The quantitative estimate of drug-likeness (QED) is 0.645.